The third-order valence-electron chi connectivity index (χ3n) is 1.86. The fraction of sp³-hybridized carbons (Fsp3) is 0. The molecule has 0 saturated carbocycles. The molecule has 0 aromatic heterocycles. The molecule has 0 atom stereocenters. The minimum atomic E-state index is 0.844. The predicted molar refractivity (Wildman–Crippen MR) is 71.8 cm³/mol. The summed E-state index contributed by atoms with van der Waals surface area (Å²) in [6.07, 6.45) is 0. The van der Waals surface area contributed by atoms with Crippen molar-refractivity contribution in [1.82, 2.24) is 9.57 Å². The van der Waals surface area contributed by atoms with Gasteiger partial charge in [0.2, 0.25) is 0 Å². The summed E-state index contributed by atoms with van der Waals surface area (Å²) >= 11 is 10.2. The first-order valence-corrected chi connectivity index (χ1v) is 6.40. The van der Waals surface area contributed by atoms with Gasteiger partial charge in [0.25, 0.3) is 0 Å². The van der Waals surface area contributed by atoms with Gasteiger partial charge in [-0.1, -0.05) is 30.3 Å². The Bertz CT molecular complexity index is 427. The Morgan fingerprint density at radius 1 is 1.13 bits per heavy atom. The SMILES string of the molecule is BrC1=C(Br)N(Br)NN=C1c1ccccc1. The minimum absolute atomic E-state index is 0.844. The normalized spacial score (nSPS) is 16.2. The topological polar surface area (TPSA) is 27.6 Å². The molecule has 0 aliphatic carbocycles. The largest absolute Gasteiger partial charge is 0.207 e. The third-order valence-corrected chi connectivity index (χ3v) is 4.88. The monoisotopic (exact) mass is 393 g/mol. The lowest BCUT2D eigenvalue weighted by molar-refractivity contribution is 0.473. The number of benzene rings is 1. The molecule has 1 aliphatic rings. The van der Waals surface area contributed by atoms with Gasteiger partial charge in [0.15, 0.2) is 0 Å². The van der Waals surface area contributed by atoms with Crippen LogP contribution in [0.2, 0.25) is 0 Å². The van der Waals surface area contributed by atoms with E-state index in [-0.39, 0.29) is 0 Å². The van der Waals surface area contributed by atoms with Crippen LogP contribution in [0.15, 0.2) is 44.5 Å². The summed E-state index contributed by atoms with van der Waals surface area (Å²) < 4.78 is 3.34. The van der Waals surface area contributed by atoms with Crippen LogP contribution in [-0.2, 0) is 0 Å². The highest BCUT2D eigenvalue weighted by atomic mass is 79.9. The van der Waals surface area contributed by atoms with Crippen molar-refractivity contribution in [3.8, 4) is 0 Å². The Hall–Kier alpha value is -0.330. The van der Waals surface area contributed by atoms with Crippen LogP contribution >= 0.6 is 48.0 Å². The van der Waals surface area contributed by atoms with Crippen LogP contribution in [0.4, 0.5) is 0 Å². The summed E-state index contributed by atoms with van der Waals surface area (Å²) in [5, 5.41) is 4.22. The van der Waals surface area contributed by atoms with Gasteiger partial charge >= 0.3 is 0 Å². The van der Waals surface area contributed by atoms with Crippen LogP contribution < -0.4 is 5.53 Å². The van der Waals surface area contributed by atoms with Crippen molar-refractivity contribution in [2.75, 3.05) is 0 Å². The fourth-order valence-corrected chi connectivity index (χ4v) is 2.41. The Balaban J connectivity index is 2.41. The van der Waals surface area contributed by atoms with Crippen LogP contribution in [-0.4, -0.2) is 9.75 Å². The Labute approximate surface area is 113 Å². The average molecular weight is 396 g/mol. The van der Waals surface area contributed by atoms with Gasteiger partial charge in [-0.3, -0.25) is 0 Å². The number of hydrazone groups is 1. The van der Waals surface area contributed by atoms with E-state index >= 15 is 0 Å². The highest BCUT2D eigenvalue weighted by Gasteiger charge is 2.19. The zero-order chi connectivity index (χ0) is 10.8. The van der Waals surface area contributed by atoms with Gasteiger partial charge in [-0.05, 0) is 31.9 Å². The van der Waals surface area contributed by atoms with E-state index in [1.807, 2.05) is 30.3 Å². The van der Waals surface area contributed by atoms with Crippen LogP contribution in [0.5, 0.6) is 0 Å². The van der Waals surface area contributed by atoms with E-state index in [2.05, 4.69) is 58.6 Å². The number of hydrogen-bond donors (Lipinski definition) is 1. The van der Waals surface area contributed by atoms with E-state index in [1.54, 1.807) is 4.03 Å². The molecular formula is C9H6Br3N3. The minimum Gasteiger partial charge on any atom is -0.207 e. The van der Waals surface area contributed by atoms with Gasteiger partial charge in [-0.2, -0.15) is 9.14 Å². The predicted octanol–water partition coefficient (Wildman–Crippen LogP) is 3.48. The van der Waals surface area contributed by atoms with E-state index < -0.39 is 0 Å². The number of nitrogens with zero attached hydrogens (tertiary/aromatic N) is 2. The molecule has 1 heterocycles. The molecule has 3 nitrogen and oxygen atoms in total. The molecule has 6 heteroatoms. The first kappa shape index (κ1) is 11.2. The van der Waals surface area contributed by atoms with Gasteiger partial charge in [0.05, 0.1) is 20.6 Å². The van der Waals surface area contributed by atoms with Gasteiger partial charge in [-0.15, -0.1) is 0 Å². The second-order valence-electron chi connectivity index (χ2n) is 2.81. The van der Waals surface area contributed by atoms with E-state index in [1.165, 1.54) is 0 Å². The summed E-state index contributed by atoms with van der Waals surface area (Å²) in [6.45, 7) is 0. The molecule has 0 fully saturated rings. The molecule has 15 heavy (non-hydrogen) atoms. The molecule has 0 bridgehead atoms. The van der Waals surface area contributed by atoms with Crippen molar-refractivity contribution in [1.29, 1.82) is 0 Å². The van der Waals surface area contributed by atoms with Crippen LogP contribution in [0.25, 0.3) is 0 Å². The number of allylic oxidation sites excluding steroid dienone is 1. The maximum Gasteiger partial charge on any atom is 0.131 e. The molecule has 1 aliphatic heterocycles. The second kappa shape index (κ2) is 4.67. The van der Waals surface area contributed by atoms with Crippen molar-refractivity contribution in [3.63, 3.8) is 0 Å². The molecular weight excluding hydrogens is 390 g/mol. The first-order valence-electron chi connectivity index (χ1n) is 4.10. The molecule has 0 radical (unpaired) electrons. The van der Waals surface area contributed by atoms with Crippen molar-refractivity contribution in [2.24, 2.45) is 5.10 Å². The summed E-state index contributed by atoms with van der Waals surface area (Å²) in [4.78, 5) is 0. The summed E-state index contributed by atoms with van der Waals surface area (Å²) in [5.41, 5.74) is 4.72. The lowest BCUT2D eigenvalue weighted by Crippen LogP contribution is -2.29. The van der Waals surface area contributed by atoms with Gasteiger partial charge < -0.3 is 0 Å². The van der Waals surface area contributed by atoms with Crippen molar-refractivity contribution in [3.05, 3.63) is 45.0 Å². The van der Waals surface area contributed by atoms with Crippen molar-refractivity contribution < 1.29 is 0 Å². The van der Waals surface area contributed by atoms with Gasteiger partial charge in [0, 0.05) is 5.56 Å². The van der Waals surface area contributed by atoms with E-state index in [9.17, 15) is 0 Å². The van der Waals surface area contributed by atoms with Crippen molar-refractivity contribution in [2.45, 2.75) is 0 Å². The molecule has 1 aromatic rings. The third kappa shape index (κ3) is 2.26. The number of rotatable bonds is 1. The summed E-state index contributed by atoms with van der Waals surface area (Å²) in [6, 6.07) is 9.95. The molecule has 0 unspecified atom stereocenters. The van der Waals surface area contributed by atoms with E-state index in [4.69, 9.17) is 0 Å². The lowest BCUT2D eigenvalue weighted by Gasteiger charge is -2.22. The molecule has 0 amide bonds. The fourth-order valence-electron chi connectivity index (χ4n) is 1.16. The van der Waals surface area contributed by atoms with Gasteiger partial charge in [0.1, 0.15) is 10.3 Å². The van der Waals surface area contributed by atoms with Crippen LogP contribution in [0, 0.1) is 0 Å². The quantitative estimate of drug-likeness (QED) is 0.582. The van der Waals surface area contributed by atoms with Crippen molar-refractivity contribution >= 4 is 53.7 Å². The standard InChI is InChI=1S/C9H6Br3N3/c10-7-8(6-4-2-1-3-5-6)13-14-15(12)9(7)11/h1-5,14H. The molecule has 0 saturated heterocycles. The Kier molecular flexibility index (Phi) is 3.48. The first-order chi connectivity index (χ1) is 7.20. The lowest BCUT2D eigenvalue weighted by atomic mass is 10.1. The number of nitrogens with one attached hydrogen (secondary N) is 1. The zero-order valence-electron chi connectivity index (χ0n) is 7.42. The molecule has 0 spiro atoms. The smallest absolute Gasteiger partial charge is 0.131 e. The molecule has 2 rings (SSSR count). The zero-order valence-corrected chi connectivity index (χ0v) is 12.2. The average Bonchev–Trinajstić information content (AvgIpc) is 2.27. The maximum atomic E-state index is 4.22. The van der Waals surface area contributed by atoms with E-state index in [0.29, 0.717) is 0 Å². The molecule has 1 N–H and O–H groups in total. The highest BCUT2D eigenvalue weighted by Crippen LogP contribution is 2.29. The highest BCUT2D eigenvalue weighted by molar-refractivity contribution is 9.15. The number of hydrogen-bond acceptors (Lipinski definition) is 3. The van der Waals surface area contributed by atoms with Crippen LogP contribution in [0.3, 0.4) is 0 Å². The second-order valence-corrected chi connectivity index (χ2v) is 5.07. The molecule has 1 aromatic carbocycles. The Morgan fingerprint density at radius 3 is 2.47 bits per heavy atom. The number of halogens is 3. The summed E-state index contributed by atoms with van der Waals surface area (Å²) in [5.74, 6) is 0. The van der Waals surface area contributed by atoms with Crippen LogP contribution in [0.1, 0.15) is 5.56 Å². The number of hydrazine groups is 1. The maximum absolute atomic E-state index is 4.22. The summed E-state index contributed by atoms with van der Waals surface area (Å²) in [7, 11) is 0. The molecule has 78 valence electrons. The Morgan fingerprint density at radius 2 is 1.80 bits per heavy atom. The van der Waals surface area contributed by atoms with E-state index in [0.717, 1.165) is 20.4 Å². The van der Waals surface area contributed by atoms with Gasteiger partial charge in [-0.25, -0.2) is 5.53 Å².